The Balaban J connectivity index is 1.21. The summed E-state index contributed by atoms with van der Waals surface area (Å²) < 4.78 is 17.0. The zero-order valence-electron chi connectivity index (χ0n) is 17.7. The van der Waals surface area contributed by atoms with Crippen molar-refractivity contribution in [3.63, 3.8) is 0 Å². The van der Waals surface area contributed by atoms with Crippen LogP contribution in [-0.2, 0) is 11.3 Å². The number of carbonyl (C=O) groups excluding carboxylic acids is 1. The molecule has 160 valence electrons. The maximum Gasteiger partial charge on any atom is 0.265 e. The van der Waals surface area contributed by atoms with Crippen LogP contribution in [0.4, 0.5) is 0 Å². The van der Waals surface area contributed by atoms with E-state index in [0.717, 1.165) is 38.2 Å². The molecule has 0 bridgehead atoms. The SMILES string of the molecule is COc1ccc(CN2CCC(CNC(=O)C3Oc4ccccc4OC3C)CC2)cc1. The van der Waals surface area contributed by atoms with Gasteiger partial charge in [-0.25, -0.2) is 0 Å². The number of hydrogen-bond donors (Lipinski definition) is 1. The monoisotopic (exact) mass is 410 g/mol. The van der Waals surface area contributed by atoms with Gasteiger partial charge in [-0.3, -0.25) is 9.69 Å². The lowest BCUT2D eigenvalue weighted by Gasteiger charge is -2.33. The molecule has 0 saturated carbocycles. The van der Waals surface area contributed by atoms with Crippen LogP contribution >= 0.6 is 0 Å². The van der Waals surface area contributed by atoms with Crippen LogP contribution in [0.25, 0.3) is 0 Å². The zero-order valence-corrected chi connectivity index (χ0v) is 17.7. The standard InChI is InChI=1S/C24H30N2O4/c1-17-23(30-22-6-4-3-5-21(22)29-17)24(27)25-15-18-11-13-26(14-12-18)16-19-7-9-20(28-2)10-8-19/h3-10,17-18,23H,11-16H2,1-2H3,(H,25,27). The van der Waals surface area contributed by atoms with Gasteiger partial charge in [-0.05, 0) is 68.6 Å². The molecular weight excluding hydrogens is 380 g/mol. The zero-order chi connectivity index (χ0) is 20.9. The second kappa shape index (κ2) is 9.39. The number of para-hydroxylation sites is 2. The van der Waals surface area contributed by atoms with Crippen molar-refractivity contribution < 1.29 is 19.0 Å². The van der Waals surface area contributed by atoms with Crippen molar-refractivity contribution in [1.29, 1.82) is 0 Å². The molecule has 4 rings (SSSR count). The van der Waals surface area contributed by atoms with Crippen molar-refractivity contribution in [2.45, 2.75) is 38.5 Å². The molecule has 30 heavy (non-hydrogen) atoms. The molecular formula is C24H30N2O4. The minimum Gasteiger partial charge on any atom is -0.497 e. The van der Waals surface area contributed by atoms with Gasteiger partial charge in [-0.2, -0.15) is 0 Å². The topological polar surface area (TPSA) is 60.0 Å². The predicted octanol–water partition coefficient (Wildman–Crippen LogP) is 3.25. The largest absolute Gasteiger partial charge is 0.497 e. The smallest absolute Gasteiger partial charge is 0.265 e. The van der Waals surface area contributed by atoms with Gasteiger partial charge in [0.25, 0.3) is 5.91 Å². The first-order valence-corrected chi connectivity index (χ1v) is 10.7. The average Bonchev–Trinajstić information content (AvgIpc) is 2.78. The van der Waals surface area contributed by atoms with E-state index in [1.807, 2.05) is 43.3 Å². The van der Waals surface area contributed by atoms with E-state index in [1.54, 1.807) is 7.11 Å². The van der Waals surface area contributed by atoms with Gasteiger partial charge in [0.2, 0.25) is 6.10 Å². The Labute approximate surface area is 178 Å². The van der Waals surface area contributed by atoms with Crippen molar-refractivity contribution in [3.05, 3.63) is 54.1 Å². The number of likely N-dealkylation sites (tertiary alicyclic amines) is 1. The van der Waals surface area contributed by atoms with E-state index in [-0.39, 0.29) is 12.0 Å². The summed E-state index contributed by atoms with van der Waals surface area (Å²) in [5, 5.41) is 3.08. The van der Waals surface area contributed by atoms with Crippen LogP contribution in [0, 0.1) is 5.92 Å². The lowest BCUT2D eigenvalue weighted by atomic mass is 9.96. The minimum atomic E-state index is -0.616. The summed E-state index contributed by atoms with van der Waals surface area (Å²) in [7, 11) is 1.69. The summed E-state index contributed by atoms with van der Waals surface area (Å²) in [6, 6.07) is 15.7. The molecule has 2 unspecified atom stereocenters. The van der Waals surface area contributed by atoms with Crippen molar-refractivity contribution >= 4 is 5.91 Å². The van der Waals surface area contributed by atoms with Crippen molar-refractivity contribution in [2.24, 2.45) is 5.92 Å². The van der Waals surface area contributed by atoms with Gasteiger partial charge in [-0.1, -0.05) is 24.3 Å². The average molecular weight is 411 g/mol. The highest BCUT2D eigenvalue weighted by molar-refractivity contribution is 5.82. The molecule has 6 nitrogen and oxygen atoms in total. The van der Waals surface area contributed by atoms with Crippen LogP contribution in [0.3, 0.4) is 0 Å². The molecule has 2 aliphatic rings. The second-order valence-corrected chi connectivity index (χ2v) is 8.12. The third kappa shape index (κ3) is 4.87. The van der Waals surface area contributed by atoms with E-state index in [4.69, 9.17) is 14.2 Å². The molecule has 0 aromatic heterocycles. The van der Waals surface area contributed by atoms with Crippen LogP contribution in [0.1, 0.15) is 25.3 Å². The Bertz CT molecular complexity index is 847. The van der Waals surface area contributed by atoms with Crippen LogP contribution in [0.2, 0.25) is 0 Å². The van der Waals surface area contributed by atoms with Crippen molar-refractivity contribution in [3.8, 4) is 17.2 Å². The number of fused-ring (bicyclic) bond motifs is 1. The first kappa shape index (κ1) is 20.5. The highest BCUT2D eigenvalue weighted by Gasteiger charge is 2.34. The molecule has 1 fully saturated rings. The Morgan fingerprint density at radius 1 is 1.07 bits per heavy atom. The van der Waals surface area contributed by atoms with E-state index in [9.17, 15) is 4.79 Å². The van der Waals surface area contributed by atoms with Gasteiger partial charge >= 0.3 is 0 Å². The number of benzene rings is 2. The van der Waals surface area contributed by atoms with E-state index in [2.05, 4.69) is 22.3 Å². The molecule has 0 spiro atoms. The highest BCUT2D eigenvalue weighted by Crippen LogP contribution is 2.33. The number of nitrogens with zero attached hydrogens (tertiary/aromatic N) is 1. The summed E-state index contributed by atoms with van der Waals surface area (Å²) in [5.41, 5.74) is 1.30. The molecule has 2 aliphatic heterocycles. The van der Waals surface area contributed by atoms with Gasteiger partial charge in [-0.15, -0.1) is 0 Å². The fraction of sp³-hybridized carbons (Fsp3) is 0.458. The molecule has 2 aromatic rings. The molecule has 6 heteroatoms. The van der Waals surface area contributed by atoms with Gasteiger partial charge in [0, 0.05) is 13.1 Å². The maximum absolute atomic E-state index is 12.7. The first-order chi connectivity index (χ1) is 14.6. The number of methoxy groups -OCH3 is 1. The summed E-state index contributed by atoms with van der Waals surface area (Å²) in [4.78, 5) is 15.2. The number of rotatable bonds is 6. The fourth-order valence-corrected chi connectivity index (χ4v) is 4.09. The number of amides is 1. The van der Waals surface area contributed by atoms with E-state index in [1.165, 1.54) is 5.56 Å². The minimum absolute atomic E-state index is 0.0994. The van der Waals surface area contributed by atoms with E-state index < -0.39 is 6.10 Å². The molecule has 0 aliphatic carbocycles. The van der Waals surface area contributed by atoms with Crippen LogP contribution in [0.15, 0.2) is 48.5 Å². The Morgan fingerprint density at radius 3 is 2.40 bits per heavy atom. The Kier molecular flexibility index (Phi) is 6.43. The normalized spacial score (nSPS) is 21.8. The summed E-state index contributed by atoms with van der Waals surface area (Å²) in [6.07, 6.45) is 1.23. The highest BCUT2D eigenvalue weighted by atomic mass is 16.6. The van der Waals surface area contributed by atoms with Crippen molar-refractivity contribution in [2.75, 3.05) is 26.7 Å². The van der Waals surface area contributed by atoms with Gasteiger partial charge in [0.1, 0.15) is 11.9 Å². The Morgan fingerprint density at radius 2 is 1.73 bits per heavy atom. The number of ether oxygens (including phenoxy) is 3. The lowest BCUT2D eigenvalue weighted by molar-refractivity contribution is -0.133. The molecule has 2 aromatic carbocycles. The fourth-order valence-electron chi connectivity index (χ4n) is 4.09. The number of piperidine rings is 1. The molecule has 0 radical (unpaired) electrons. The summed E-state index contributed by atoms with van der Waals surface area (Å²) in [5.74, 6) is 2.60. The molecule has 2 atom stereocenters. The third-order valence-electron chi connectivity index (χ3n) is 5.94. The molecule has 1 amide bonds. The number of hydrogen-bond acceptors (Lipinski definition) is 5. The van der Waals surface area contributed by atoms with Crippen LogP contribution in [-0.4, -0.2) is 49.8 Å². The number of carbonyl (C=O) groups is 1. The quantitative estimate of drug-likeness (QED) is 0.792. The molecule has 1 saturated heterocycles. The lowest BCUT2D eigenvalue weighted by Crippen LogP contribution is -2.50. The van der Waals surface area contributed by atoms with E-state index in [0.29, 0.717) is 24.0 Å². The summed E-state index contributed by atoms with van der Waals surface area (Å²) >= 11 is 0. The predicted molar refractivity (Wildman–Crippen MR) is 115 cm³/mol. The third-order valence-corrected chi connectivity index (χ3v) is 5.94. The first-order valence-electron chi connectivity index (χ1n) is 10.7. The van der Waals surface area contributed by atoms with Gasteiger partial charge < -0.3 is 19.5 Å². The van der Waals surface area contributed by atoms with Gasteiger partial charge in [0.15, 0.2) is 11.5 Å². The molecule has 2 heterocycles. The summed E-state index contributed by atoms with van der Waals surface area (Å²) in [6.45, 7) is 5.59. The van der Waals surface area contributed by atoms with Crippen LogP contribution in [0.5, 0.6) is 17.2 Å². The molecule has 1 N–H and O–H groups in total. The maximum atomic E-state index is 12.7. The van der Waals surface area contributed by atoms with Gasteiger partial charge in [0.05, 0.1) is 7.11 Å². The van der Waals surface area contributed by atoms with Crippen molar-refractivity contribution in [1.82, 2.24) is 10.2 Å². The number of nitrogens with one attached hydrogen (secondary N) is 1. The van der Waals surface area contributed by atoms with E-state index >= 15 is 0 Å². The Hall–Kier alpha value is -2.73. The second-order valence-electron chi connectivity index (χ2n) is 8.12. The van der Waals surface area contributed by atoms with Crippen LogP contribution < -0.4 is 19.5 Å².